The van der Waals surface area contributed by atoms with Crippen LogP contribution in [0.2, 0.25) is 0 Å². The highest BCUT2D eigenvalue weighted by Crippen LogP contribution is 2.36. The highest BCUT2D eigenvalue weighted by molar-refractivity contribution is 7.17. The Morgan fingerprint density at radius 3 is 2.56 bits per heavy atom. The van der Waals surface area contributed by atoms with Crippen molar-refractivity contribution in [3.8, 4) is 5.75 Å². The van der Waals surface area contributed by atoms with Gasteiger partial charge in [-0.15, -0.1) is 11.3 Å². The van der Waals surface area contributed by atoms with Crippen LogP contribution in [0, 0.1) is 5.82 Å². The topological polar surface area (TPSA) is 62.7 Å². The molecule has 0 atom stereocenters. The number of rotatable bonds is 4. The van der Waals surface area contributed by atoms with Crippen molar-refractivity contribution in [1.29, 1.82) is 0 Å². The van der Waals surface area contributed by atoms with Crippen LogP contribution in [0.1, 0.15) is 31.2 Å². The smallest absolute Gasteiger partial charge is 0.419 e. The van der Waals surface area contributed by atoms with E-state index < -0.39 is 29.5 Å². The van der Waals surface area contributed by atoms with E-state index in [1.54, 1.807) is 17.5 Å². The summed E-state index contributed by atoms with van der Waals surface area (Å²) in [5.74, 6) is -1.26. The number of hydrogen-bond acceptors (Lipinski definition) is 5. The minimum atomic E-state index is -4.91. The molecule has 6 nitrogen and oxygen atoms in total. The Hall–Kier alpha value is -3.21. The summed E-state index contributed by atoms with van der Waals surface area (Å²) in [7, 11) is 0. The first-order valence-electron chi connectivity index (χ1n) is 10.7. The Morgan fingerprint density at radius 1 is 1.06 bits per heavy atom. The molecule has 34 heavy (non-hydrogen) atoms. The Bertz CT molecular complexity index is 1250. The molecule has 1 aliphatic carbocycles. The first-order chi connectivity index (χ1) is 16.2. The normalized spacial score (nSPS) is 21.5. The summed E-state index contributed by atoms with van der Waals surface area (Å²) in [5.41, 5.74) is -0.736. The van der Waals surface area contributed by atoms with Crippen LogP contribution in [0.3, 0.4) is 0 Å². The van der Waals surface area contributed by atoms with Crippen LogP contribution in [0.5, 0.6) is 5.75 Å². The summed E-state index contributed by atoms with van der Waals surface area (Å²) < 4.78 is 59.9. The molecule has 3 amide bonds. The van der Waals surface area contributed by atoms with Gasteiger partial charge in [-0.1, -0.05) is 0 Å². The first kappa shape index (κ1) is 22.6. The second-order valence-electron chi connectivity index (χ2n) is 8.32. The number of nitrogens with zero attached hydrogens (tertiary/aromatic N) is 3. The van der Waals surface area contributed by atoms with E-state index in [4.69, 9.17) is 4.74 Å². The number of pyridine rings is 1. The molecule has 0 bridgehead atoms. The largest absolute Gasteiger partial charge is 0.489 e. The molecule has 2 fully saturated rings. The van der Waals surface area contributed by atoms with Gasteiger partial charge in [0.2, 0.25) is 0 Å². The van der Waals surface area contributed by atoms with Crippen molar-refractivity contribution in [2.75, 3.05) is 11.4 Å². The van der Waals surface area contributed by atoms with Gasteiger partial charge in [-0.2, -0.15) is 13.2 Å². The lowest BCUT2D eigenvalue weighted by Crippen LogP contribution is -2.44. The maximum atomic E-state index is 13.6. The van der Waals surface area contributed by atoms with Crippen molar-refractivity contribution in [3.05, 3.63) is 53.3 Å². The third kappa shape index (κ3) is 4.20. The third-order valence-corrected chi connectivity index (χ3v) is 7.01. The molecule has 0 spiro atoms. The van der Waals surface area contributed by atoms with Crippen molar-refractivity contribution in [1.82, 2.24) is 9.88 Å². The number of hydrogen-bond donors (Lipinski definition) is 0. The van der Waals surface area contributed by atoms with Gasteiger partial charge in [0.05, 0.1) is 28.1 Å². The second-order valence-corrected chi connectivity index (χ2v) is 9.27. The van der Waals surface area contributed by atoms with Crippen LogP contribution in [0.15, 0.2) is 41.9 Å². The molecule has 1 saturated carbocycles. The molecule has 0 unspecified atom stereocenters. The number of imide groups is 1. The molecule has 5 rings (SSSR count). The van der Waals surface area contributed by atoms with E-state index in [1.165, 1.54) is 0 Å². The third-order valence-electron chi connectivity index (χ3n) is 6.16. The Balaban J connectivity index is 1.25. The van der Waals surface area contributed by atoms with Gasteiger partial charge in [0.25, 0.3) is 5.91 Å². The Morgan fingerprint density at radius 2 is 1.82 bits per heavy atom. The first-order valence-corrected chi connectivity index (χ1v) is 11.6. The average Bonchev–Trinajstić information content (AvgIpc) is 3.37. The van der Waals surface area contributed by atoms with E-state index in [2.05, 4.69) is 4.98 Å². The second kappa shape index (κ2) is 8.53. The summed E-state index contributed by atoms with van der Waals surface area (Å²) in [6.45, 7) is -0.384. The number of aromatic nitrogens is 1. The lowest BCUT2D eigenvalue weighted by molar-refractivity contribution is -0.140. The molecule has 1 saturated heterocycles. The Labute approximate surface area is 195 Å². The SMILES string of the molecule is O=C1CN(c2ccc(F)c(C(F)(F)F)c2)C(=O)N1[C@H]1CC[C@H](Oc2cnc3ccsc3c2)CC1. The standard InChI is InChI=1S/C23H19F4N3O3S/c24-18-6-3-14(9-17(18)23(25,26)27)29-12-21(31)30(22(29)32)13-1-4-15(5-2-13)33-16-10-20-19(28-11-16)7-8-34-20/h3,6-11,13,15H,1-2,4-5,12H2/t13-,15-. The van der Waals surface area contributed by atoms with Gasteiger partial charge in [0.15, 0.2) is 0 Å². The predicted octanol–water partition coefficient (Wildman–Crippen LogP) is 5.61. The molecule has 0 N–H and O–H groups in total. The number of alkyl halides is 3. The molecule has 2 aliphatic rings. The maximum Gasteiger partial charge on any atom is 0.419 e. The molecule has 1 aliphatic heterocycles. The van der Waals surface area contributed by atoms with Crippen LogP contribution in [0.4, 0.5) is 28.0 Å². The van der Waals surface area contributed by atoms with Gasteiger partial charge in [0, 0.05) is 17.8 Å². The summed E-state index contributed by atoms with van der Waals surface area (Å²) in [4.78, 5) is 32.0. The van der Waals surface area contributed by atoms with Crippen molar-refractivity contribution in [2.24, 2.45) is 0 Å². The lowest BCUT2D eigenvalue weighted by Gasteiger charge is -2.33. The number of ether oxygens (including phenoxy) is 1. The summed E-state index contributed by atoms with van der Waals surface area (Å²) >= 11 is 1.57. The number of carbonyl (C=O) groups excluding carboxylic acids is 2. The maximum absolute atomic E-state index is 13.6. The molecular formula is C23H19F4N3O3S. The van der Waals surface area contributed by atoms with Crippen molar-refractivity contribution >= 4 is 39.2 Å². The fourth-order valence-electron chi connectivity index (χ4n) is 4.48. The van der Waals surface area contributed by atoms with E-state index in [1.807, 2.05) is 17.5 Å². The van der Waals surface area contributed by atoms with Crippen molar-refractivity contribution in [2.45, 2.75) is 44.0 Å². The number of thiophene rings is 1. The summed E-state index contributed by atoms with van der Waals surface area (Å²) in [6.07, 6.45) is -1.08. The minimum absolute atomic E-state index is 0.0918. The molecule has 2 aromatic heterocycles. The number of urea groups is 1. The molecule has 0 radical (unpaired) electrons. The van der Waals surface area contributed by atoms with Crippen LogP contribution in [0.25, 0.3) is 10.2 Å². The van der Waals surface area contributed by atoms with E-state index in [0.717, 1.165) is 26.1 Å². The quantitative estimate of drug-likeness (QED) is 0.350. The van der Waals surface area contributed by atoms with Gasteiger partial charge in [-0.25, -0.2) is 9.18 Å². The number of anilines is 1. The van der Waals surface area contributed by atoms with Crippen LogP contribution in [-0.2, 0) is 11.0 Å². The fraction of sp³-hybridized carbons (Fsp3) is 0.348. The monoisotopic (exact) mass is 493 g/mol. The average molecular weight is 493 g/mol. The van der Waals surface area contributed by atoms with Crippen molar-refractivity contribution < 1.29 is 31.9 Å². The van der Waals surface area contributed by atoms with Crippen LogP contribution >= 0.6 is 11.3 Å². The predicted molar refractivity (Wildman–Crippen MR) is 117 cm³/mol. The number of benzene rings is 1. The zero-order valence-corrected chi connectivity index (χ0v) is 18.5. The number of fused-ring (bicyclic) bond motifs is 1. The molecular weight excluding hydrogens is 474 g/mol. The van der Waals surface area contributed by atoms with Gasteiger partial charge in [-0.05, 0) is 55.3 Å². The fourth-order valence-corrected chi connectivity index (χ4v) is 5.25. The van der Waals surface area contributed by atoms with Gasteiger partial charge in [-0.3, -0.25) is 19.6 Å². The van der Waals surface area contributed by atoms with E-state index >= 15 is 0 Å². The number of halogens is 4. The van der Waals surface area contributed by atoms with Crippen molar-refractivity contribution in [3.63, 3.8) is 0 Å². The van der Waals surface area contributed by atoms with Crippen LogP contribution in [-0.4, -0.2) is 40.5 Å². The molecule has 3 heterocycles. The molecule has 11 heteroatoms. The summed E-state index contributed by atoms with van der Waals surface area (Å²) in [6, 6.07) is 5.09. The highest BCUT2D eigenvalue weighted by atomic mass is 32.1. The molecule has 178 valence electrons. The zero-order chi connectivity index (χ0) is 24.0. The van der Waals surface area contributed by atoms with Gasteiger partial charge in [0.1, 0.15) is 18.1 Å². The molecule has 1 aromatic carbocycles. The minimum Gasteiger partial charge on any atom is -0.489 e. The zero-order valence-electron chi connectivity index (χ0n) is 17.7. The molecule has 3 aromatic rings. The van der Waals surface area contributed by atoms with Gasteiger partial charge >= 0.3 is 12.2 Å². The van der Waals surface area contributed by atoms with E-state index in [9.17, 15) is 27.2 Å². The van der Waals surface area contributed by atoms with Gasteiger partial charge < -0.3 is 4.74 Å². The highest BCUT2D eigenvalue weighted by Gasteiger charge is 2.43. The number of carbonyl (C=O) groups is 2. The summed E-state index contributed by atoms with van der Waals surface area (Å²) in [5, 5.41) is 1.95. The number of amides is 3. The van der Waals surface area contributed by atoms with Crippen LogP contribution < -0.4 is 9.64 Å². The Kier molecular flexibility index (Phi) is 5.67. The van der Waals surface area contributed by atoms with E-state index in [0.29, 0.717) is 43.6 Å². The lowest BCUT2D eigenvalue weighted by atomic mass is 9.92. The van der Waals surface area contributed by atoms with E-state index in [-0.39, 0.29) is 24.4 Å².